The summed E-state index contributed by atoms with van der Waals surface area (Å²) in [6.45, 7) is 0. The highest BCUT2D eigenvalue weighted by molar-refractivity contribution is 7.47. The average Bonchev–Trinajstić information content (AvgIpc) is 3.11. The lowest BCUT2D eigenvalue weighted by molar-refractivity contribution is 1.03. The third-order valence-electron chi connectivity index (χ3n) is 2.90. The molecule has 2 aromatic carbocycles. The van der Waals surface area contributed by atoms with Crippen molar-refractivity contribution in [2.24, 2.45) is 0 Å². The predicted molar refractivity (Wildman–Crippen MR) is 66.7 cm³/mol. The summed E-state index contributed by atoms with van der Waals surface area (Å²) in [5, 5.41) is 0. The Morgan fingerprint density at radius 3 is 1.40 bits per heavy atom. The van der Waals surface area contributed by atoms with Crippen LogP contribution in [0.2, 0.25) is 0 Å². The van der Waals surface area contributed by atoms with E-state index in [4.69, 9.17) is 0 Å². The Kier molecular flexibility index (Phi) is 2.31. The molecule has 15 heavy (non-hydrogen) atoms. The van der Waals surface area contributed by atoms with Crippen LogP contribution in [0.5, 0.6) is 0 Å². The van der Waals surface area contributed by atoms with E-state index in [-0.39, 0.29) is 0 Å². The maximum Gasteiger partial charge on any atom is 0.0126 e. The van der Waals surface area contributed by atoms with Crippen LogP contribution in [-0.2, 0) is 0 Å². The summed E-state index contributed by atoms with van der Waals surface area (Å²) in [5.74, 6) is 0. The first-order valence-electron chi connectivity index (χ1n) is 5.31. The molecule has 0 nitrogen and oxygen atoms in total. The first kappa shape index (κ1) is 9.12. The molecule has 2 aromatic rings. The van der Waals surface area contributed by atoms with Crippen LogP contribution in [0.15, 0.2) is 60.7 Å². The van der Waals surface area contributed by atoms with E-state index in [1.807, 2.05) is 0 Å². The standard InChI is InChI=1S/C14H13P/c1-3-7-11(8-4-1)13-14(15-13)12-9-5-2-6-10-12/h1-10,13-15H. The smallest absolute Gasteiger partial charge is 0.0126 e. The van der Waals surface area contributed by atoms with Crippen LogP contribution in [0.3, 0.4) is 0 Å². The molecule has 74 valence electrons. The molecule has 0 N–H and O–H groups in total. The topological polar surface area (TPSA) is 0 Å². The van der Waals surface area contributed by atoms with Gasteiger partial charge in [-0.15, -0.1) is 8.58 Å². The van der Waals surface area contributed by atoms with Crippen molar-refractivity contribution in [3.63, 3.8) is 0 Å². The van der Waals surface area contributed by atoms with Crippen LogP contribution in [0, 0.1) is 0 Å². The highest BCUT2D eigenvalue weighted by Crippen LogP contribution is 2.71. The molecule has 1 aliphatic heterocycles. The number of benzene rings is 2. The van der Waals surface area contributed by atoms with E-state index >= 15 is 0 Å². The highest BCUT2D eigenvalue weighted by Gasteiger charge is 2.38. The lowest BCUT2D eigenvalue weighted by atomic mass is 10.0. The third kappa shape index (κ3) is 1.82. The first-order valence-corrected chi connectivity index (χ1v) is 6.46. The van der Waals surface area contributed by atoms with E-state index in [1.54, 1.807) is 0 Å². The third-order valence-corrected chi connectivity index (χ3v) is 4.57. The van der Waals surface area contributed by atoms with Crippen molar-refractivity contribution in [2.45, 2.75) is 11.3 Å². The molecule has 1 heteroatoms. The van der Waals surface area contributed by atoms with Crippen molar-refractivity contribution in [1.82, 2.24) is 0 Å². The van der Waals surface area contributed by atoms with Gasteiger partial charge in [-0.2, -0.15) is 0 Å². The Morgan fingerprint density at radius 1 is 0.600 bits per heavy atom. The molecule has 1 heterocycles. The van der Waals surface area contributed by atoms with Crippen LogP contribution in [0.4, 0.5) is 0 Å². The Bertz CT molecular complexity index is 392. The van der Waals surface area contributed by atoms with Crippen molar-refractivity contribution in [3.05, 3.63) is 71.8 Å². The average molecular weight is 212 g/mol. The maximum absolute atomic E-state index is 2.25. The Morgan fingerprint density at radius 2 is 1.00 bits per heavy atom. The molecule has 0 radical (unpaired) electrons. The molecule has 0 bridgehead atoms. The minimum absolute atomic E-state index is 0.786. The molecule has 1 aliphatic rings. The summed E-state index contributed by atoms with van der Waals surface area (Å²) in [6, 6.07) is 21.7. The molecule has 0 spiro atoms. The van der Waals surface area contributed by atoms with Crippen molar-refractivity contribution in [2.75, 3.05) is 0 Å². The van der Waals surface area contributed by atoms with E-state index in [0.717, 1.165) is 19.9 Å². The lowest BCUT2D eigenvalue weighted by Gasteiger charge is -1.99. The number of hydrogen-bond donors (Lipinski definition) is 0. The van der Waals surface area contributed by atoms with Crippen LogP contribution < -0.4 is 0 Å². The van der Waals surface area contributed by atoms with Gasteiger partial charge in [0.1, 0.15) is 0 Å². The van der Waals surface area contributed by atoms with E-state index in [2.05, 4.69) is 60.7 Å². The van der Waals surface area contributed by atoms with E-state index in [1.165, 1.54) is 11.1 Å². The normalized spacial score (nSPS) is 25.3. The SMILES string of the molecule is c1ccc(C2PC2c2ccccc2)cc1. The summed E-state index contributed by atoms with van der Waals surface area (Å²) >= 11 is 0. The Labute approximate surface area is 92.1 Å². The van der Waals surface area contributed by atoms with Crippen molar-refractivity contribution in [3.8, 4) is 0 Å². The number of hydrogen-bond acceptors (Lipinski definition) is 0. The fourth-order valence-electron chi connectivity index (χ4n) is 2.04. The van der Waals surface area contributed by atoms with Gasteiger partial charge in [0, 0.05) is 11.3 Å². The second kappa shape index (κ2) is 3.79. The van der Waals surface area contributed by atoms with Crippen molar-refractivity contribution >= 4 is 8.58 Å². The zero-order valence-electron chi connectivity index (χ0n) is 8.43. The molecule has 0 aromatic heterocycles. The fourth-order valence-corrected chi connectivity index (χ4v) is 3.47. The van der Waals surface area contributed by atoms with Gasteiger partial charge in [0.25, 0.3) is 0 Å². The molecule has 0 saturated carbocycles. The van der Waals surface area contributed by atoms with Gasteiger partial charge < -0.3 is 0 Å². The summed E-state index contributed by atoms with van der Waals surface area (Å²) in [4.78, 5) is 0. The molecule has 3 rings (SSSR count). The monoisotopic (exact) mass is 212 g/mol. The maximum atomic E-state index is 2.25. The van der Waals surface area contributed by atoms with Gasteiger partial charge in [-0.1, -0.05) is 60.7 Å². The molecular weight excluding hydrogens is 199 g/mol. The summed E-state index contributed by atoms with van der Waals surface area (Å²) in [7, 11) is 1.07. The zero-order valence-corrected chi connectivity index (χ0v) is 9.43. The zero-order chi connectivity index (χ0) is 10.1. The first-order chi connectivity index (χ1) is 7.45. The van der Waals surface area contributed by atoms with Crippen LogP contribution in [0.25, 0.3) is 0 Å². The molecule has 0 amide bonds. The quantitative estimate of drug-likeness (QED) is 0.655. The Hall–Kier alpha value is -1.13. The van der Waals surface area contributed by atoms with Gasteiger partial charge in [-0.05, 0) is 11.1 Å². The Balaban J connectivity index is 1.81. The van der Waals surface area contributed by atoms with Gasteiger partial charge in [0.05, 0.1) is 0 Å². The van der Waals surface area contributed by atoms with E-state index in [0.29, 0.717) is 0 Å². The van der Waals surface area contributed by atoms with Crippen molar-refractivity contribution < 1.29 is 0 Å². The van der Waals surface area contributed by atoms with E-state index < -0.39 is 0 Å². The van der Waals surface area contributed by atoms with Crippen LogP contribution >= 0.6 is 8.58 Å². The predicted octanol–water partition coefficient (Wildman–Crippen LogP) is 4.16. The van der Waals surface area contributed by atoms with Crippen LogP contribution in [-0.4, -0.2) is 0 Å². The van der Waals surface area contributed by atoms with Gasteiger partial charge in [-0.3, -0.25) is 0 Å². The second-order valence-electron chi connectivity index (χ2n) is 3.94. The van der Waals surface area contributed by atoms with Gasteiger partial charge in [0.2, 0.25) is 0 Å². The molecule has 2 atom stereocenters. The summed E-state index contributed by atoms with van der Waals surface area (Å²) < 4.78 is 0. The fraction of sp³-hybridized carbons (Fsp3) is 0.143. The molecule has 2 unspecified atom stereocenters. The minimum atomic E-state index is 0.786. The van der Waals surface area contributed by atoms with E-state index in [9.17, 15) is 0 Å². The van der Waals surface area contributed by atoms with Crippen LogP contribution in [0.1, 0.15) is 22.4 Å². The minimum Gasteiger partial charge on any atom is -0.105 e. The second-order valence-corrected chi connectivity index (χ2v) is 5.52. The molecule has 1 saturated heterocycles. The van der Waals surface area contributed by atoms with Gasteiger partial charge in [-0.25, -0.2) is 0 Å². The van der Waals surface area contributed by atoms with Gasteiger partial charge >= 0.3 is 0 Å². The van der Waals surface area contributed by atoms with Crippen molar-refractivity contribution in [1.29, 1.82) is 0 Å². The lowest BCUT2D eigenvalue weighted by Crippen LogP contribution is -1.82. The highest BCUT2D eigenvalue weighted by atomic mass is 31.1. The molecule has 1 fully saturated rings. The van der Waals surface area contributed by atoms with Gasteiger partial charge in [0.15, 0.2) is 0 Å². The summed E-state index contributed by atoms with van der Waals surface area (Å²) in [5.41, 5.74) is 4.58. The molecule has 0 aliphatic carbocycles. The number of rotatable bonds is 2. The largest absolute Gasteiger partial charge is 0.105 e. The molecular formula is C14H13P. The summed E-state index contributed by atoms with van der Waals surface area (Å²) in [6.07, 6.45) is 0.